The number of imidazole rings is 1. The van der Waals surface area contributed by atoms with Crippen LogP contribution in [0, 0.1) is 0 Å². The first-order valence-electron chi connectivity index (χ1n) is 11.3. The molecule has 0 radical (unpaired) electrons. The van der Waals surface area contributed by atoms with Gasteiger partial charge in [0.15, 0.2) is 5.13 Å². The number of hydrogen-bond donors (Lipinski definition) is 3. The lowest BCUT2D eigenvalue weighted by Gasteiger charge is -2.49. The van der Waals surface area contributed by atoms with Crippen molar-refractivity contribution in [1.82, 2.24) is 24.1 Å². The number of carbonyl (C=O) groups excluding carboxylic acids is 2. The summed E-state index contributed by atoms with van der Waals surface area (Å²) in [5.74, 6) is -1.98. The van der Waals surface area contributed by atoms with E-state index >= 15 is 0 Å². The number of aryl methyl sites for hydroxylation is 1. The summed E-state index contributed by atoms with van der Waals surface area (Å²) in [4.78, 5) is 48.2. The number of nitrogens with two attached hydrogens (primary N) is 1. The summed E-state index contributed by atoms with van der Waals surface area (Å²) in [6, 6.07) is -0.923. The van der Waals surface area contributed by atoms with Crippen molar-refractivity contribution < 1.29 is 28.9 Å². The van der Waals surface area contributed by atoms with Crippen LogP contribution in [0.25, 0.3) is 0 Å². The number of hydrogen-bond acceptors (Lipinski definition) is 10. The lowest BCUT2D eigenvalue weighted by Crippen LogP contribution is -2.71. The van der Waals surface area contributed by atoms with E-state index in [2.05, 4.69) is 29.0 Å². The molecule has 0 bridgehead atoms. The Morgan fingerprint density at radius 1 is 1.39 bits per heavy atom. The molecule has 4 heterocycles. The lowest BCUT2D eigenvalue weighted by molar-refractivity contribution is -0.678. The quantitative estimate of drug-likeness (QED) is 0.182. The van der Waals surface area contributed by atoms with E-state index in [0.29, 0.717) is 17.9 Å². The van der Waals surface area contributed by atoms with E-state index in [1.54, 1.807) is 0 Å². The first-order valence-corrected chi connectivity index (χ1v) is 13.1. The van der Waals surface area contributed by atoms with Crippen molar-refractivity contribution in [2.45, 2.75) is 43.6 Å². The van der Waals surface area contributed by atoms with E-state index in [9.17, 15) is 19.5 Å². The first-order chi connectivity index (χ1) is 17.3. The second kappa shape index (κ2) is 9.54. The van der Waals surface area contributed by atoms with Crippen molar-refractivity contribution in [3.05, 3.63) is 34.8 Å². The highest BCUT2D eigenvalue weighted by Crippen LogP contribution is 2.41. The summed E-state index contributed by atoms with van der Waals surface area (Å²) in [6.07, 6.45) is 6.19. The highest BCUT2D eigenvalue weighted by molar-refractivity contribution is 8.00. The van der Waals surface area contributed by atoms with Crippen LogP contribution in [0.3, 0.4) is 0 Å². The number of carbonyl (C=O) groups is 3. The van der Waals surface area contributed by atoms with Gasteiger partial charge < -0.3 is 21.0 Å². The minimum atomic E-state index is -1.16. The molecule has 2 atom stereocenters. The van der Waals surface area contributed by atoms with Crippen molar-refractivity contribution in [2.75, 3.05) is 18.6 Å². The molecule has 2 amide bonds. The number of aliphatic carboxylic acids is 1. The third-order valence-corrected chi connectivity index (χ3v) is 8.33. The molecule has 1 saturated heterocycles. The second-order valence-electron chi connectivity index (χ2n) is 8.65. The molecule has 2 aromatic heterocycles. The Bertz CT molecular complexity index is 1320. The monoisotopic (exact) mass is 533 g/mol. The van der Waals surface area contributed by atoms with Gasteiger partial charge in [0, 0.05) is 35.7 Å². The number of rotatable bonds is 7. The Morgan fingerprint density at radius 3 is 2.86 bits per heavy atom. The van der Waals surface area contributed by atoms with Crippen LogP contribution in [0.2, 0.25) is 0 Å². The molecule has 4 N–H and O–H groups in total. The van der Waals surface area contributed by atoms with E-state index in [0.717, 1.165) is 37.2 Å². The summed E-state index contributed by atoms with van der Waals surface area (Å²) in [6.45, 7) is 0.396. The van der Waals surface area contributed by atoms with Crippen LogP contribution in [0.1, 0.15) is 30.1 Å². The third kappa shape index (κ3) is 4.11. The van der Waals surface area contributed by atoms with Crippen molar-refractivity contribution in [1.29, 1.82) is 0 Å². The van der Waals surface area contributed by atoms with Crippen molar-refractivity contribution in [3.63, 3.8) is 0 Å². The fourth-order valence-electron chi connectivity index (χ4n) is 4.87. The van der Waals surface area contributed by atoms with Crippen LogP contribution in [0.15, 0.2) is 22.8 Å². The predicted molar refractivity (Wildman–Crippen MR) is 130 cm³/mol. The van der Waals surface area contributed by atoms with Crippen LogP contribution in [-0.4, -0.2) is 71.7 Å². The Labute approximate surface area is 214 Å². The molecule has 15 heteroatoms. The Hall–Kier alpha value is -3.46. The van der Waals surface area contributed by atoms with Gasteiger partial charge in [0.25, 0.3) is 11.8 Å². The normalized spacial score (nSPS) is 21.6. The van der Waals surface area contributed by atoms with E-state index in [-0.39, 0.29) is 22.4 Å². The molecule has 0 unspecified atom stereocenters. The number of anilines is 1. The van der Waals surface area contributed by atoms with Crippen molar-refractivity contribution >= 4 is 51.9 Å². The molecular weight excluding hydrogens is 508 g/mol. The van der Waals surface area contributed by atoms with Crippen molar-refractivity contribution in [2.24, 2.45) is 12.2 Å². The van der Waals surface area contributed by atoms with E-state index < -0.39 is 29.2 Å². The Morgan fingerprint density at radius 2 is 2.17 bits per heavy atom. The van der Waals surface area contributed by atoms with Gasteiger partial charge in [-0.1, -0.05) is 5.16 Å². The Kier molecular flexibility index (Phi) is 6.42. The molecule has 36 heavy (non-hydrogen) atoms. The maximum Gasteiger partial charge on any atom is 0.352 e. The smallest absolute Gasteiger partial charge is 0.352 e. The molecule has 2 aliphatic heterocycles. The summed E-state index contributed by atoms with van der Waals surface area (Å²) in [5.41, 5.74) is 8.51. The van der Waals surface area contributed by atoms with E-state index in [1.807, 2.05) is 13.4 Å². The summed E-state index contributed by atoms with van der Waals surface area (Å²) in [7, 11) is 3.27. The lowest BCUT2D eigenvalue weighted by atomic mass is 10.00. The number of carboxylic acid groups (broad SMARTS) is 1. The van der Waals surface area contributed by atoms with Gasteiger partial charge in [0.1, 0.15) is 42.2 Å². The number of oxime groups is 1. The van der Waals surface area contributed by atoms with Crippen LogP contribution in [0.5, 0.6) is 0 Å². The molecule has 190 valence electrons. The zero-order chi connectivity index (χ0) is 25.6. The van der Waals surface area contributed by atoms with Crippen LogP contribution in [0.4, 0.5) is 5.13 Å². The van der Waals surface area contributed by atoms with Crippen LogP contribution >= 0.6 is 23.3 Å². The van der Waals surface area contributed by atoms with Crippen LogP contribution < -0.4 is 15.6 Å². The number of nitrogen functional groups attached to an aromatic ring is 1. The van der Waals surface area contributed by atoms with Gasteiger partial charge in [0.05, 0.1) is 7.05 Å². The van der Waals surface area contributed by atoms with Gasteiger partial charge in [-0.25, -0.2) is 13.9 Å². The number of amides is 2. The number of nitrogens with one attached hydrogen (secondary N) is 1. The van der Waals surface area contributed by atoms with Gasteiger partial charge in [-0.3, -0.25) is 14.5 Å². The highest BCUT2D eigenvalue weighted by atomic mass is 32.2. The number of β-lactam (4-membered cyclic amide) rings is 1. The zero-order valence-electron chi connectivity index (χ0n) is 19.6. The van der Waals surface area contributed by atoms with Gasteiger partial charge in [-0.2, -0.15) is 9.36 Å². The molecule has 3 aliphatic rings. The molecule has 0 aromatic carbocycles. The van der Waals surface area contributed by atoms with Gasteiger partial charge in [0.2, 0.25) is 17.9 Å². The van der Waals surface area contributed by atoms with Crippen LogP contribution in [-0.2, 0) is 45.7 Å². The maximum absolute atomic E-state index is 13.1. The number of aromatic nitrogens is 4. The first kappa shape index (κ1) is 24.2. The summed E-state index contributed by atoms with van der Waals surface area (Å²) in [5, 5.41) is 15.9. The van der Waals surface area contributed by atoms with Crippen molar-refractivity contribution in [3.8, 4) is 0 Å². The standard InChI is InChI=1S/C21H24N8O5S2/c1-27-9-28(12-6-4-3-5-11(12)27)7-10-8-35-19-14(18(31)29(19)15(10)20(32)33)23-17(30)13(25-34-2)16-24-21(22)36-26-16/h9,14,19H,3-8H2,1-2H3,(H3-,22,23,24,26,30,32,33)/p+1/b25-13-/t14-,19-/m1/s1. The van der Waals surface area contributed by atoms with Gasteiger partial charge in [-0.05, 0) is 12.8 Å². The summed E-state index contributed by atoms with van der Waals surface area (Å²) < 4.78 is 8.16. The Balaban J connectivity index is 1.36. The van der Waals surface area contributed by atoms with Gasteiger partial charge in [-0.15, -0.1) is 11.8 Å². The molecular formula is C21H25N8O5S2+. The molecule has 1 aliphatic carbocycles. The minimum Gasteiger partial charge on any atom is -0.477 e. The average Bonchev–Trinajstić information content (AvgIpc) is 3.43. The van der Waals surface area contributed by atoms with E-state index in [1.165, 1.54) is 35.2 Å². The topological polar surface area (TPSA) is 169 Å². The average molecular weight is 534 g/mol. The minimum absolute atomic E-state index is 0.0186. The summed E-state index contributed by atoms with van der Waals surface area (Å²) >= 11 is 2.31. The number of fused-ring (bicyclic) bond motifs is 2. The molecule has 0 spiro atoms. The zero-order valence-corrected chi connectivity index (χ0v) is 21.3. The molecule has 0 saturated carbocycles. The highest BCUT2D eigenvalue weighted by Gasteiger charge is 2.54. The van der Waals surface area contributed by atoms with Gasteiger partial charge >= 0.3 is 5.97 Å². The third-order valence-electron chi connectivity index (χ3n) is 6.44. The maximum atomic E-state index is 13.1. The number of nitrogens with zero attached hydrogens (tertiary/aromatic N) is 6. The number of thioether (sulfide) groups is 1. The molecule has 1 fully saturated rings. The number of carboxylic acids is 1. The molecule has 2 aromatic rings. The fourth-order valence-corrected chi connectivity index (χ4v) is 6.64. The molecule has 13 nitrogen and oxygen atoms in total. The largest absolute Gasteiger partial charge is 0.477 e. The SMILES string of the molecule is CO/N=C(\C(=O)N[C@@H]1C(=O)N2C(C(=O)O)=C(Cn3c[n+](C)c4c3CCCC4)CS[C@H]12)c1nsc(N)n1. The fraction of sp³-hybridized carbons (Fsp3) is 0.476. The predicted octanol–water partition coefficient (Wildman–Crippen LogP) is -0.586. The van der Waals surface area contributed by atoms with E-state index in [4.69, 9.17) is 10.6 Å². The second-order valence-corrected chi connectivity index (χ2v) is 10.5. The molecule has 5 rings (SSSR count).